The molecule has 168 valence electrons. The van der Waals surface area contributed by atoms with E-state index >= 15 is 0 Å². The van der Waals surface area contributed by atoms with Crippen LogP contribution in [0, 0.1) is 22.7 Å². The highest BCUT2D eigenvalue weighted by atomic mass is 16.5. The predicted octanol–water partition coefficient (Wildman–Crippen LogP) is 0.370. The van der Waals surface area contributed by atoms with Gasteiger partial charge in [0.2, 0.25) is 11.8 Å². The Bertz CT molecular complexity index is 620. The summed E-state index contributed by atoms with van der Waals surface area (Å²) in [6.07, 6.45) is 0.991. The van der Waals surface area contributed by atoms with Gasteiger partial charge in [0, 0.05) is 12.0 Å². The lowest BCUT2D eigenvalue weighted by Crippen LogP contribution is -2.54. The SMILES string of the molecule is C.COC(=O)C(C)(C)CC1CNNC1=O.COC(=O)C1CN(N)C(=O)C(C)(C)C1. The molecule has 29 heavy (non-hydrogen) atoms. The molecule has 0 saturated carbocycles. The average Bonchev–Trinajstić information content (AvgIpc) is 3.02. The van der Waals surface area contributed by atoms with E-state index in [9.17, 15) is 19.2 Å². The maximum Gasteiger partial charge on any atom is 0.311 e. The minimum Gasteiger partial charge on any atom is -0.469 e. The van der Waals surface area contributed by atoms with Gasteiger partial charge in [-0.05, 0) is 26.7 Å². The quantitative estimate of drug-likeness (QED) is 0.339. The molecule has 0 aliphatic carbocycles. The van der Waals surface area contributed by atoms with Crippen molar-refractivity contribution in [3.63, 3.8) is 0 Å². The van der Waals surface area contributed by atoms with Gasteiger partial charge >= 0.3 is 11.9 Å². The number of carbonyl (C=O) groups is 4. The molecule has 0 aromatic heterocycles. The minimum atomic E-state index is -0.608. The molecule has 0 bridgehead atoms. The molecule has 4 N–H and O–H groups in total. The molecule has 0 aromatic rings. The molecule has 2 heterocycles. The molecule has 2 aliphatic rings. The molecule has 10 heteroatoms. The molecule has 2 amide bonds. The minimum absolute atomic E-state index is 0. The van der Waals surface area contributed by atoms with Crippen LogP contribution < -0.4 is 16.7 Å². The number of nitrogens with zero attached hydrogens (tertiary/aromatic N) is 1. The Labute approximate surface area is 172 Å². The van der Waals surface area contributed by atoms with Gasteiger partial charge in [-0.1, -0.05) is 21.3 Å². The number of carbonyl (C=O) groups excluding carboxylic acids is 4. The fourth-order valence-corrected chi connectivity index (χ4v) is 3.40. The number of hydrogen-bond acceptors (Lipinski definition) is 8. The lowest BCUT2D eigenvalue weighted by atomic mass is 9.78. The number of hydrogen-bond donors (Lipinski definition) is 3. The van der Waals surface area contributed by atoms with Gasteiger partial charge in [-0.15, -0.1) is 0 Å². The van der Waals surface area contributed by atoms with Crippen molar-refractivity contribution in [2.75, 3.05) is 27.3 Å². The van der Waals surface area contributed by atoms with E-state index in [-0.39, 0.29) is 49.6 Å². The Morgan fingerprint density at radius 3 is 2.24 bits per heavy atom. The van der Waals surface area contributed by atoms with Crippen molar-refractivity contribution in [2.24, 2.45) is 28.5 Å². The largest absolute Gasteiger partial charge is 0.469 e. The van der Waals surface area contributed by atoms with Gasteiger partial charge in [0.25, 0.3) is 0 Å². The molecule has 0 aromatic carbocycles. The first kappa shape index (κ1) is 26.8. The van der Waals surface area contributed by atoms with Crippen LogP contribution in [0.3, 0.4) is 0 Å². The standard InChI is InChI=1S/2C9H16N2O3.CH4/c1-9(2)4-6(7(12)14-3)5-11(10)8(9)13;1-9(2,8(13)14-3)4-6-5-10-11-7(6)12;/h6H,4-5,10H2,1-3H3;6,10H,4-5H2,1-3H3,(H,11,12);1H4. The zero-order valence-electron chi connectivity index (χ0n) is 17.5. The highest BCUT2D eigenvalue weighted by molar-refractivity contribution is 5.85. The van der Waals surface area contributed by atoms with E-state index < -0.39 is 10.8 Å². The number of amides is 2. The van der Waals surface area contributed by atoms with Crippen molar-refractivity contribution in [2.45, 2.75) is 48.0 Å². The maximum absolute atomic E-state index is 11.6. The monoisotopic (exact) mass is 416 g/mol. The molecule has 10 nitrogen and oxygen atoms in total. The van der Waals surface area contributed by atoms with Crippen LogP contribution in [-0.2, 0) is 28.7 Å². The van der Waals surface area contributed by atoms with Crippen LogP contribution in [0.5, 0.6) is 0 Å². The Kier molecular flexibility index (Phi) is 9.74. The van der Waals surface area contributed by atoms with Crippen LogP contribution >= 0.6 is 0 Å². The van der Waals surface area contributed by atoms with Gasteiger partial charge in [0.15, 0.2) is 0 Å². The molecule has 2 rings (SSSR count). The van der Waals surface area contributed by atoms with Crippen LogP contribution in [0.15, 0.2) is 0 Å². The number of hydrazine groups is 2. The van der Waals surface area contributed by atoms with Crippen LogP contribution in [0.1, 0.15) is 48.0 Å². The second kappa shape index (κ2) is 10.5. The van der Waals surface area contributed by atoms with Crippen LogP contribution in [-0.4, -0.2) is 56.1 Å². The second-order valence-corrected chi connectivity index (χ2v) is 8.41. The first-order valence-corrected chi connectivity index (χ1v) is 9.11. The third kappa shape index (κ3) is 6.97. The van der Waals surface area contributed by atoms with Crippen LogP contribution in [0.25, 0.3) is 0 Å². The van der Waals surface area contributed by atoms with Crippen LogP contribution in [0.2, 0.25) is 0 Å². The van der Waals surface area contributed by atoms with Crippen molar-refractivity contribution >= 4 is 23.8 Å². The number of ether oxygens (including phenoxy) is 2. The first-order valence-electron chi connectivity index (χ1n) is 9.11. The second-order valence-electron chi connectivity index (χ2n) is 8.41. The maximum atomic E-state index is 11.6. The van der Waals surface area contributed by atoms with Crippen molar-refractivity contribution in [1.82, 2.24) is 15.9 Å². The molecule has 0 radical (unpaired) electrons. The molecule has 2 aliphatic heterocycles. The van der Waals surface area contributed by atoms with E-state index in [4.69, 9.17) is 5.84 Å². The zero-order valence-corrected chi connectivity index (χ0v) is 17.5. The van der Waals surface area contributed by atoms with Gasteiger partial charge in [-0.2, -0.15) is 0 Å². The molecular formula is C19H36N4O6. The summed E-state index contributed by atoms with van der Waals surface area (Å²) in [6.45, 7) is 7.94. The number of rotatable bonds is 4. The summed E-state index contributed by atoms with van der Waals surface area (Å²) in [4.78, 5) is 45.4. The molecule has 0 spiro atoms. The fourth-order valence-electron chi connectivity index (χ4n) is 3.40. The Morgan fingerprint density at radius 1 is 1.24 bits per heavy atom. The number of nitrogens with one attached hydrogen (secondary N) is 2. The molecule has 2 fully saturated rings. The number of methoxy groups -OCH3 is 2. The zero-order chi connectivity index (χ0) is 21.7. The Morgan fingerprint density at radius 2 is 1.83 bits per heavy atom. The first-order chi connectivity index (χ1) is 12.9. The normalized spacial score (nSPS) is 23.2. The summed E-state index contributed by atoms with van der Waals surface area (Å²) >= 11 is 0. The molecule has 2 saturated heterocycles. The number of piperidine rings is 1. The molecule has 2 unspecified atom stereocenters. The van der Waals surface area contributed by atoms with E-state index in [0.717, 1.165) is 5.01 Å². The van der Waals surface area contributed by atoms with Gasteiger partial charge in [-0.3, -0.25) is 29.6 Å². The van der Waals surface area contributed by atoms with Gasteiger partial charge < -0.3 is 9.47 Å². The third-order valence-electron chi connectivity index (χ3n) is 4.97. The summed E-state index contributed by atoms with van der Waals surface area (Å²) in [7, 11) is 2.70. The number of nitrogens with two attached hydrogens (primary N) is 1. The smallest absolute Gasteiger partial charge is 0.311 e. The van der Waals surface area contributed by atoms with E-state index in [2.05, 4.69) is 20.3 Å². The summed E-state index contributed by atoms with van der Waals surface area (Å²) in [6, 6.07) is 0. The van der Waals surface area contributed by atoms with Gasteiger partial charge in [0.05, 0.1) is 38.0 Å². The van der Waals surface area contributed by atoms with Crippen LogP contribution in [0.4, 0.5) is 0 Å². The lowest BCUT2D eigenvalue weighted by Gasteiger charge is -2.37. The summed E-state index contributed by atoms with van der Waals surface area (Å²) in [5, 5.41) is 1.10. The summed E-state index contributed by atoms with van der Waals surface area (Å²) < 4.78 is 9.30. The summed E-state index contributed by atoms with van der Waals surface area (Å²) in [5.74, 6) is 4.29. The van der Waals surface area contributed by atoms with Crippen molar-refractivity contribution in [3.8, 4) is 0 Å². The summed E-state index contributed by atoms with van der Waals surface area (Å²) in [5.41, 5.74) is 4.07. The Balaban J connectivity index is 0.000000523. The van der Waals surface area contributed by atoms with Crippen molar-refractivity contribution in [3.05, 3.63) is 0 Å². The van der Waals surface area contributed by atoms with Gasteiger partial charge in [-0.25, -0.2) is 11.3 Å². The molecular weight excluding hydrogens is 380 g/mol. The van der Waals surface area contributed by atoms with E-state index in [1.807, 2.05) is 0 Å². The highest BCUT2D eigenvalue weighted by Crippen LogP contribution is 2.32. The van der Waals surface area contributed by atoms with Crippen molar-refractivity contribution in [1.29, 1.82) is 0 Å². The Hall–Kier alpha value is -2.20. The van der Waals surface area contributed by atoms with E-state index in [1.165, 1.54) is 14.2 Å². The number of esters is 2. The predicted molar refractivity (Wildman–Crippen MR) is 107 cm³/mol. The lowest BCUT2D eigenvalue weighted by molar-refractivity contribution is -0.157. The topological polar surface area (TPSA) is 140 Å². The van der Waals surface area contributed by atoms with Crippen molar-refractivity contribution < 1.29 is 28.7 Å². The molecule has 2 atom stereocenters. The average molecular weight is 417 g/mol. The highest BCUT2D eigenvalue weighted by Gasteiger charge is 2.42. The van der Waals surface area contributed by atoms with E-state index in [1.54, 1.807) is 27.7 Å². The van der Waals surface area contributed by atoms with Gasteiger partial charge in [0.1, 0.15) is 0 Å². The van der Waals surface area contributed by atoms with E-state index in [0.29, 0.717) is 19.4 Å². The third-order valence-corrected chi connectivity index (χ3v) is 4.97. The fraction of sp³-hybridized carbons (Fsp3) is 0.789.